The van der Waals surface area contributed by atoms with E-state index in [-0.39, 0.29) is 22.9 Å². The molecule has 16 heteroatoms. The number of β-lactam (4-membered cyclic amide) rings is 1. The number of aromatic nitrogens is 3. The van der Waals surface area contributed by atoms with Gasteiger partial charge in [-0.05, 0) is 39.4 Å². The Kier molecular flexibility index (Phi) is 13.3. The van der Waals surface area contributed by atoms with Crippen molar-refractivity contribution in [2.45, 2.75) is 29.5 Å². The molecule has 10 rings (SSSR count). The number of hydrogen-bond acceptors (Lipinski definition) is 13. The van der Waals surface area contributed by atoms with Crippen molar-refractivity contribution in [3.8, 4) is 0 Å². The molecule has 5 heterocycles. The zero-order chi connectivity index (χ0) is 48.0. The number of rotatable bonds is 16. The van der Waals surface area contributed by atoms with Crippen LogP contribution in [0.2, 0.25) is 0 Å². The molecular formula is C54H43N7O6S3. The zero-order valence-electron chi connectivity index (χ0n) is 37.5. The van der Waals surface area contributed by atoms with E-state index in [1.807, 2.05) is 164 Å². The minimum absolute atomic E-state index is 0.0618. The van der Waals surface area contributed by atoms with Gasteiger partial charge in [0.05, 0.1) is 26.4 Å². The zero-order valence-corrected chi connectivity index (χ0v) is 39.9. The van der Waals surface area contributed by atoms with Crippen molar-refractivity contribution in [3.05, 3.63) is 242 Å². The van der Waals surface area contributed by atoms with Gasteiger partial charge in [0, 0.05) is 36.0 Å². The monoisotopic (exact) mass is 981 g/mol. The molecular weight excluding hydrogens is 939 g/mol. The van der Waals surface area contributed by atoms with E-state index in [0.29, 0.717) is 33.1 Å². The molecule has 5 aromatic carbocycles. The molecule has 348 valence electrons. The van der Waals surface area contributed by atoms with E-state index in [4.69, 9.17) is 14.6 Å². The maximum Gasteiger partial charge on any atom is 0.356 e. The van der Waals surface area contributed by atoms with Gasteiger partial charge in [-0.25, -0.2) is 14.8 Å². The third-order valence-electron chi connectivity index (χ3n) is 12.0. The number of pyridine rings is 1. The van der Waals surface area contributed by atoms with Gasteiger partial charge in [-0.15, -0.1) is 22.7 Å². The van der Waals surface area contributed by atoms with Crippen LogP contribution < -0.4 is 10.6 Å². The average Bonchev–Trinajstić information content (AvgIpc) is 4.09. The lowest BCUT2D eigenvalue weighted by Crippen LogP contribution is -2.74. The molecule has 2 aliphatic heterocycles. The lowest BCUT2D eigenvalue weighted by atomic mass is 9.77. The van der Waals surface area contributed by atoms with Crippen molar-refractivity contribution in [2.75, 3.05) is 18.2 Å². The Hall–Kier alpha value is -7.92. The van der Waals surface area contributed by atoms with E-state index in [1.165, 1.54) is 34.7 Å². The van der Waals surface area contributed by atoms with Crippen molar-refractivity contribution in [3.63, 3.8) is 0 Å². The summed E-state index contributed by atoms with van der Waals surface area (Å²) in [4.78, 5) is 64.4. The highest BCUT2D eigenvalue weighted by Gasteiger charge is 2.58. The van der Waals surface area contributed by atoms with Gasteiger partial charge in [-0.3, -0.25) is 23.7 Å². The largest absolute Gasteiger partial charge is 0.448 e. The molecule has 3 unspecified atom stereocenters. The third-order valence-corrected chi connectivity index (χ3v) is 15.4. The fourth-order valence-corrected chi connectivity index (χ4v) is 12.3. The van der Waals surface area contributed by atoms with Crippen LogP contribution >= 0.6 is 22.7 Å². The van der Waals surface area contributed by atoms with Crippen molar-refractivity contribution in [1.29, 1.82) is 0 Å². The number of carbonyl (C=O) groups is 3. The summed E-state index contributed by atoms with van der Waals surface area (Å²) in [5.41, 5.74) is 4.60. The Bertz CT molecular complexity index is 3090. The van der Waals surface area contributed by atoms with Gasteiger partial charge in [0.25, 0.3) is 11.8 Å². The van der Waals surface area contributed by atoms with Gasteiger partial charge >= 0.3 is 5.97 Å². The lowest BCUT2D eigenvalue weighted by molar-refractivity contribution is -0.154. The fraction of sp³-hybridized carbons (Fsp3) is 0.130. The molecule has 0 bridgehead atoms. The van der Waals surface area contributed by atoms with Crippen LogP contribution in [0.15, 0.2) is 199 Å². The minimum Gasteiger partial charge on any atom is -0.448 e. The van der Waals surface area contributed by atoms with Crippen LogP contribution in [0.25, 0.3) is 5.57 Å². The first kappa shape index (κ1) is 45.8. The lowest BCUT2D eigenvalue weighted by Gasteiger charge is -2.49. The second kappa shape index (κ2) is 20.4. The van der Waals surface area contributed by atoms with Crippen molar-refractivity contribution in [1.82, 2.24) is 25.2 Å². The van der Waals surface area contributed by atoms with Gasteiger partial charge in [0.2, 0.25) is 0 Å². The Labute approximate surface area is 414 Å². The van der Waals surface area contributed by atoms with Crippen molar-refractivity contribution < 1.29 is 28.2 Å². The van der Waals surface area contributed by atoms with Crippen LogP contribution in [0, 0.1) is 0 Å². The molecule has 3 aromatic heterocycles. The summed E-state index contributed by atoms with van der Waals surface area (Å²) in [7, 11) is -0.495. The number of amides is 2. The molecule has 0 radical (unpaired) electrons. The number of nitrogens with one attached hydrogen (secondary N) is 2. The summed E-state index contributed by atoms with van der Waals surface area (Å²) in [6.45, 7) is 0. The second-order valence-corrected chi connectivity index (χ2v) is 19.8. The Morgan fingerprint density at radius 2 is 1.40 bits per heavy atom. The molecule has 0 aliphatic carbocycles. The van der Waals surface area contributed by atoms with Crippen LogP contribution in [0.3, 0.4) is 0 Å². The number of nitrogens with zero attached hydrogens (tertiary/aromatic N) is 5. The number of anilines is 1. The van der Waals surface area contributed by atoms with E-state index in [2.05, 4.69) is 25.8 Å². The van der Waals surface area contributed by atoms with Gasteiger partial charge < -0.3 is 20.2 Å². The third kappa shape index (κ3) is 9.07. The molecule has 2 amide bonds. The summed E-state index contributed by atoms with van der Waals surface area (Å²) in [6.07, 6.45) is 4.71. The van der Waals surface area contributed by atoms with Gasteiger partial charge in [0.1, 0.15) is 35.5 Å². The van der Waals surface area contributed by atoms with Gasteiger partial charge in [-0.2, -0.15) is 0 Å². The number of oxime groups is 1. The SMILES string of the molecule is CON=C(C(=O)NC1C(=O)N2C(C(=O)OC(c3ccccc3)c3ccccc3)=C(c3cnc(Cc4cccnc4)s3)CS(=O)C12)c1csc(NC(c2ccccc2)(c2ccccc2)c2ccccc2)n1. The van der Waals surface area contributed by atoms with Crippen LogP contribution in [0.1, 0.15) is 55.1 Å². The van der Waals surface area contributed by atoms with Gasteiger partial charge in [0.15, 0.2) is 16.9 Å². The summed E-state index contributed by atoms with van der Waals surface area (Å²) >= 11 is 2.60. The molecule has 1 fully saturated rings. The molecule has 3 atom stereocenters. The van der Waals surface area contributed by atoms with E-state index in [0.717, 1.165) is 27.3 Å². The van der Waals surface area contributed by atoms with Crippen LogP contribution in [0.4, 0.5) is 5.13 Å². The Balaban J connectivity index is 0.955. The molecule has 70 heavy (non-hydrogen) atoms. The molecule has 0 saturated carbocycles. The first-order chi connectivity index (χ1) is 34.3. The smallest absolute Gasteiger partial charge is 0.356 e. The van der Waals surface area contributed by atoms with E-state index in [1.54, 1.807) is 24.0 Å². The number of ether oxygens (including phenoxy) is 1. The standard InChI is InChI=1S/C54H43N7O6S3/c1-66-60-45(42-33-68-53(57-42)59-54(38-23-11-4-12-24-38,39-25-13-5-14-26-39)40-27-15-6-16-28-40)49(62)58-46-50(63)61-47(52(64)67-48(36-19-7-2-8-20-36)37-21-9-3-10-22-37)41(34-70(65)51(46)61)43-32-56-44(69-43)30-35-18-17-29-55-31-35/h2-29,31-33,46,48,51H,30,34H2,1H3,(H,57,59)(H,58,62). The number of carbonyl (C=O) groups excluding carboxylic acids is 3. The molecule has 8 aromatic rings. The highest BCUT2D eigenvalue weighted by molar-refractivity contribution is 7.86. The topological polar surface area (TPSA) is 165 Å². The van der Waals surface area contributed by atoms with E-state index >= 15 is 0 Å². The minimum atomic E-state index is -1.80. The molecule has 13 nitrogen and oxygen atoms in total. The normalized spacial score (nSPS) is 16.8. The summed E-state index contributed by atoms with van der Waals surface area (Å²) in [6, 6.07) is 51.2. The Morgan fingerprint density at radius 3 is 1.96 bits per heavy atom. The van der Waals surface area contributed by atoms with Gasteiger partial charge in [-0.1, -0.05) is 163 Å². The Morgan fingerprint density at radius 1 is 0.814 bits per heavy atom. The molecule has 0 spiro atoms. The van der Waals surface area contributed by atoms with E-state index < -0.39 is 51.6 Å². The number of hydrogen-bond donors (Lipinski definition) is 2. The highest BCUT2D eigenvalue weighted by atomic mass is 32.2. The number of fused-ring (bicyclic) bond motifs is 1. The van der Waals surface area contributed by atoms with Crippen LogP contribution in [-0.2, 0) is 46.7 Å². The molecule has 2 N–H and O–H groups in total. The van der Waals surface area contributed by atoms with E-state index in [9.17, 15) is 18.6 Å². The first-order valence-corrected chi connectivity index (χ1v) is 25.3. The summed E-state index contributed by atoms with van der Waals surface area (Å²) in [5.74, 6) is -2.35. The van der Waals surface area contributed by atoms with Crippen molar-refractivity contribution >= 4 is 67.7 Å². The quantitative estimate of drug-likeness (QED) is 0.0315. The number of benzene rings is 5. The van der Waals surface area contributed by atoms with Crippen LogP contribution in [-0.4, -0.2) is 71.8 Å². The van der Waals surface area contributed by atoms with Crippen LogP contribution in [0.5, 0.6) is 0 Å². The predicted octanol–water partition coefficient (Wildman–Crippen LogP) is 8.50. The fourth-order valence-electron chi connectivity index (χ4n) is 8.80. The first-order valence-electron chi connectivity index (χ1n) is 22.2. The number of thiazole rings is 2. The summed E-state index contributed by atoms with van der Waals surface area (Å²) < 4.78 is 20.8. The second-order valence-electron chi connectivity index (χ2n) is 16.3. The average molecular weight is 982 g/mol. The maximum atomic E-state index is 14.8. The molecule has 2 aliphatic rings. The molecule has 1 saturated heterocycles. The van der Waals surface area contributed by atoms with Crippen molar-refractivity contribution in [2.24, 2.45) is 5.16 Å². The maximum absolute atomic E-state index is 14.8. The number of esters is 1. The highest BCUT2D eigenvalue weighted by Crippen LogP contribution is 2.43. The summed E-state index contributed by atoms with van der Waals surface area (Å²) in [5, 5.41) is 12.3. The predicted molar refractivity (Wildman–Crippen MR) is 271 cm³/mol.